The van der Waals surface area contributed by atoms with Crippen LogP contribution in [-0.2, 0) is 9.53 Å². The number of halogens is 1. The molecule has 0 spiro atoms. The van der Waals surface area contributed by atoms with E-state index in [2.05, 4.69) is 29.8 Å². The lowest BCUT2D eigenvalue weighted by atomic mass is 9.80. The van der Waals surface area contributed by atoms with E-state index < -0.39 is 7.12 Å². The zero-order valence-corrected chi connectivity index (χ0v) is 21.0. The van der Waals surface area contributed by atoms with Crippen molar-refractivity contribution in [2.45, 2.75) is 52.9 Å². The van der Waals surface area contributed by atoms with Gasteiger partial charge in [-0.2, -0.15) is 0 Å². The summed E-state index contributed by atoms with van der Waals surface area (Å²) < 4.78 is 12.0. The second-order valence-electron chi connectivity index (χ2n) is 8.66. The Kier molecular flexibility index (Phi) is 10.8. The Morgan fingerprint density at radius 3 is 2.31 bits per heavy atom. The molecule has 7 heteroatoms. The molecule has 0 aromatic heterocycles. The third-order valence-electron chi connectivity index (χ3n) is 5.18. The van der Waals surface area contributed by atoms with Crippen LogP contribution in [0, 0.1) is 18.8 Å². The van der Waals surface area contributed by atoms with E-state index in [0.29, 0.717) is 18.0 Å². The van der Waals surface area contributed by atoms with Crippen molar-refractivity contribution in [2.75, 3.05) is 13.2 Å². The van der Waals surface area contributed by atoms with Crippen LogP contribution in [-0.4, -0.2) is 36.3 Å². The highest BCUT2D eigenvalue weighted by Crippen LogP contribution is 2.34. The third-order valence-corrected chi connectivity index (χ3v) is 5.80. The highest BCUT2D eigenvalue weighted by atomic mass is 79.9. The summed E-state index contributed by atoms with van der Waals surface area (Å²) in [6, 6.07) is 13.0. The highest BCUT2D eigenvalue weighted by Gasteiger charge is 2.25. The molecule has 32 heavy (non-hydrogen) atoms. The zero-order chi connectivity index (χ0) is 23.7. The zero-order valence-electron chi connectivity index (χ0n) is 19.4. The van der Waals surface area contributed by atoms with Gasteiger partial charge in [0.05, 0.1) is 23.6 Å². The van der Waals surface area contributed by atoms with Gasteiger partial charge in [0.25, 0.3) is 0 Å². The maximum Gasteiger partial charge on any atom is 0.488 e. The Bertz CT molecular complexity index is 850. The number of aryl methyl sites for hydroxylation is 1. The summed E-state index contributed by atoms with van der Waals surface area (Å²) in [5.41, 5.74) is 2.63. The van der Waals surface area contributed by atoms with Crippen molar-refractivity contribution in [1.29, 1.82) is 0 Å². The van der Waals surface area contributed by atoms with E-state index in [4.69, 9.17) is 19.5 Å². The van der Waals surface area contributed by atoms with Gasteiger partial charge in [-0.05, 0) is 84.0 Å². The lowest BCUT2D eigenvalue weighted by Gasteiger charge is -2.19. The SMILES string of the molecule is CCOC(=O)C(CC(C)C)c1ccc(OCC2CC2)c(Br)c1.Cc1ccc(B(O)O)cc1. The van der Waals surface area contributed by atoms with Crippen LogP contribution in [0.15, 0.2) is 46.9 Å². The monoisotopic (exact) mass is 504 g/mol. The molecule has 1 fully saturated rings. The Morgan fingerprint density at radius 2 is 1.81 bits per heavy atom. The molecule has 0 aliphatic heterocycles. The Hall–Kier alpha value is -1.83. The van der Waals surface area contributed by atoms with Crippen LogP contribution in [0.2, 0.25) is 0 Å². The predicted octanol–water partition coefficient (Wildman–Crippen LogP) is 4.61. The van der Waals surface area contributed by atoms with Gasteiger partial charge < -0.3 is 19.5 Å². The number of rotatable bonds is 9. The molecule has 3 rings (SSSR count). The van der Waals surface area contributed by atoms with Gasteiger partial charge >= 0.3 is 13.1 Å². The summed E-state index contributed by atoms with van der Waals surface area (Å²) in [6.45, 7) is 9.23. The molecule has 1 unspecified atom stereocenters. The summed E-state index contributed by atoms with van der Waals surface area (Å²) in [5, 5.41) is 17.3. The van der Waals surface area contributed by atoms with Crippen molar-refractivity contribution >= 4 is 34.5 Å². The fourth-order valence-electron chi connectivity index (χ4n) is 3.16. The molecular formula is C25H34BBrO5. The summed E-state index contributed by atoms with van der Waals surface area (Å²) in [6.07, 6.45) is 3.33. The van der Waals surface area contributed by atoms with E-state index in [9.17, 15) is 4.79 Å². The smallest absolute Gasteiger partial charge is 0.488 e. The van der Waals surface area contributed by atoms with Gasteiger partial charge in [0, 0.05) is 0 Å². The molecular weight excluding hydrogens is 471 g/mol. The van der Waals surface area contributed by atoms with Gasteiger partial charge in [-0.3, -0.25) is 4.79 Å². The van der Waals surface area contributed by atoms with Crippen LogP contribution in [0.3, 0.4) is 0 Å². The fraction of sp³-hybridized carbons (Fsp3) is 0.480. The average molecular weight is 505 g/mol. The number of esters is 1. The maximum absolute atomic E-state index is 12.2. The van der Waals surface area contributed by atoms with Gasteiger partial charge in [-0.15, -0.1) is 0 Å². The van der Waals surface area contributed by atoms with Crippen LogP contribution in [0.4, 0.5) is 0 Å². The van der Waals surface area contributed by atoms with Gasteiger partial charge in [0.1, 0.15) is 5.75 Å². The second kappa shape index (κ2) is 13.0. The van der Waals surface area contributed by atoms with Crippen LogP contribution < -0.4 is 10.2 Å². The first kappa shape index (κ1) is 26.4. The van der Waals surface area contributed by atoms with Crippen molar-refractivity contribution in [3.05, 3.63) is 58.1 Å². The van der Waals surface area contributed by atoms with Gasteiger partial charge in [-0.1, -0.05) is 49.7 Å². The maximum atomic E-state index is 12.2. The summed E-state index contributed by atoms with van der Waals surface area (Å²) in [4.78, 5) is 12.2. The molecule has 5 nitrogen and oxygen atoms in total. The first-order chi connectivity index (χ1) is 15.2. The summed E-state index contributed by atoms with van der Waals surface area (Å²) in [5.74, 6) is 1.64. The molecule has 0 saturated heterocycles. The largest absolute Gasteiger partial charge is 0.492 e. The van der Waals surface area contributed by atoms with Crippen molar-refractivity contribution in [3.63, 3.8) is 0 Å². The number of ether oxygens (including phenoxy) is 2. The topological polar surface area (TPSA) is 76.0 Å². The molecule has 2 aromatic carbocycles. The van der Waals surface area contributed by atoms with Crippen molar-refractivity contribution < 1.29 is 24.3 Å². The van der Waals surface area contributed by atoms with E-state index >= 15 is 0 Å². The lowest BCUT2D eigenvalue weighted by molar-refractivity contribution is -0.145. The normalized spacial score (nSPS) is 13.8. The second-order valence-corrected chi connectivity index (χ2v) is 9.52. The molecule has 1 saturated carbocycles. The lowest BCUT2D eigenvalue weighted by Crippen LogP contribution is -2.29. The van der Waals surface area contributed by atoms with E-state index in [1.165, 1.54) is 12.8 Å². The van der Waals surface area contributed by atoms with Crippen molar-refractivity contribution in [1.82, 2.24) is 0 Å². The van der Waals surface area contributed by atoms with E-state index in [-0.39, 0.29) is 11.9 Å². The molecule has 1 aliphatic carbocycles. The predicted molar refractivity (Wildman–Crippen MR) is 132 cm³/mol. The minimum absolute atomic E-state index is 0.144. The fourth-order valence-corrected chi connectivity index (χ4v) is 3.68. The van der Waals surface area contributed by atoms with Crippen molar-refractivity contribution in [3.8, 4) is 5.75 Å². The van der Waals surface area contributed by atoms with Crippen LogP contribution in [0.5, 0.6) is 5.75 Å². The Morgan fingerprint density at radius 1 is 1.16 bits per heavy atom. The van der Waals surface area contributed by atoms with Gasteiger partial charge in [0.15, 0.2) is 0 Å². The highest BCUT2D eigenvalue weighted by molar-refractivity contribution is 9.10. The third kappa shape index (κ3) is 8.97. The molecule has 0 amide bonds. The average Bonchev–Trinajstić information content (AvgIpc) is 3.56. The van der Waals surface area contributed by atoms with Crippen LogP contribution in [0.25, 0.3) is 0 Å². The van der Waals surface area contributed by atoms with Crippen LogP contribution in [0.1, 0.15) is 57.1 Å². The number of hydrogen-bond donors (Lipinski definition) is 2. The molecule has 174 valence electrons. The molecule has 1 atom stereocenters. The molecule has 0 bridgehead atoms. The summed E-state index contributed by atoms with van der Waals surface area (Å²) >= 11 is 3.56. The van der Waals surface area contributed by atoms with Gasteiger partial charge in [-0.25, -0.2) is 0 Å². The number of carbonyl (C=O) groups excluding carboxylic acids is 1. The minimum Gasteiger partial charge on any atom is -0.492 e. The first-order valence-corrected chi connectivity index (χ1v) is 12.0. The number of hydrogen-bond acceptors (Lipinski definition) is 5. The van der Waals surface area contributed by atoms with E-state index in [1.807, 2.05) is 44.2 Å². The van der Waals surface area contributed by atoms with E-state index in [1.54, 1.807) is 12.1 Å². The molecule has 2 N–H and O–H groups in total. The van der Waals surface area contributed by atoms with Gasteiger partial charge in [0.2, 0.25) is 0 Å². The standard InChI is InChI=1S/C18H25BrO3.C7H9BO2/c1-4-21-18(20)15(9-12(2)3)14-7-8-17(16(19)10-14)22-11-13-5-6-13;1-6-2-4-7(5-3-6)8(9)10/h7-8,10,12-13,15H,4-6,9,11H2,1-3H3;2-5,9-10H,1H3. The minimum atomic E-state index is -1.35. The Balaban J connectivity index is 0.000000303. The first-order valence-electron chi connectivity index (χ1n) is 11.2. The quantitative estimate of drug-likeness (QED) is 0.385. The molecule has 0 heterocycles. The van der Waals surface area contributed by atoms with Crippen LogP contribution >= 0.6 is 15.9 Å². The molecule has 0 radical (unpaired) electrons. The summed E-state index contributed by atoms with van der Waals surface area (Å²) in [7, 11) is -1.35. The van der Waals surface area contributed by atoms with E-state index in [0.717, 1.165) is 40.3 Å². The molecule has 1 aliphatic rings. The number of benzene rings is 2. The molecule has 2 aromatic rings. The van der Waals surface area contributed by atoms with Crippen molar-refractivity contribution in [2.24, 2.45) is 11.8 Å². The number of carbonyl (C=O) groups is 1. The Labute approximate surface area is 200 Å².